The fraction of sp³-hybridized carbons (Fsp3) is 0.350. The van der Waals surface area contributed by atoms with Gasteiger partial charge in [-0.25, -0.2) is 17.2 Å². The smallest absolute Gasteiger partial charge is 0.243 e. The summed E-state index contributed by atoms with van der Waals surface area (Å²) >= 11 is 1.45. The average Bonchev–Trinajstić information content (AvgIpc) is 2.67. The molecule has 0 radical (unpaired) electrons. The van der Waals surface area contributed by atoms with Crippen LogP contribution in [0.15, 0.2) is 48.5 Å². The first-order valence-electron chi connectivity index (χ1n) is 9.08. The lowest BCUT2D eigenvalue weighted by Gasteiger charge is -2.30. The summed E-state index contributed by atoms with van der Waals surface area (Å²) in [6, 6.07) is 10.9. The lowest BCUT2D eigenvalue weighted by molar-refractivity contribution is -0.122. The van der Waals surface area contributed by atoms with E-state index in [0.29, 0.717) is 17.1 Å². The van der Waals surface area contributed by atoms with Crippen LogP contribution in [0.1, 0.15) is 18.9 Å². The number of thioether (sulfide) groups is 1. The summed E-state index contributed by atoms with van der Waals surface area (Å²) in [6.45, 7) is 1.94. The van der Waals surface area contributed by atoms with E-state index >= 15 is 0 Å². The maximum absolute atomic E-state index is 14.2. The van der Waals surface area contributed by atoms with E-state index in [-0.39, 0.29) is 24.5 Å². The fourth-order valence-corrected chi connectivity index (χ4v) is 4.88. The Morgan fingerprint density at radius 1 is 1.10 bits per heavy atom. The summed E-state index contributed by atoms with van der Waals surface area (Å²) in [6.07, 6.45) is 1.12. The van der Waals surface area contributed by atoms with Crippen molar-refractivity contribution in [3.05, 3.63) is 65.7 Å². The van der Waals surface area contributed by atoms with Crippen LogP contribution in [0.3, 0.4) is 0 Å². The second-order valence-electron chi connectivity index (χ2n) is 6.37. The van der Waals surface area contributed by atoms with Crippen LogP contribution in [0.4, 0.5) is 14.5 Å². The molecule has 2 aromatic carbocycles. The van der Waals surface area contributed by atoms with E-state index in [2.05, 4.69) is 5.32 Å². The van der Waals surface area contributed by atoms with Crippen LogP contribution in [0.5, 0.6) is 0 Å². The molecule has 2 rings (SSSR count). The first-order chi connectivity index (χ1) is 13.8. The molecule has 0 heterocycles. The van der Waals surface area contributed by atoms with Crippen LogP contribution in [0.2, 0.25) is 0 Å². The van der Waals surface area contributed by atoms with Crippen LogP contribution in [0.25, 0.3) is 0 Å². The van der Waals surface area contributed by atoms with Crippen molar-refractivity contribution >= 4 is 33.4 Å². The van der Waals surface area contributed by atoms with Crippen molar-refractivity contribution in [3.8, 4) is 0 Å². The zero-order valence-corrected chi connectivity index (χ0v) is 17.9. The van der Waals surface area contributed by atoms with Crippen LogP contribution in [-0.2, 0) is 20.6 Å². The highest BCUT2D eigenvalue weighted by Crippen LogP contribution is 2.25. The Balaban J connectivity index is 1.99. The molecule has 0 aliphatic carbocycles. The summed E-state index contributed by atoms with van der Waals surface area (Å²) in [7, 11) is -3.89. The quantitative estimate of drug-likeness (QED) is 0.572. The molecular weight excluding hydrogens is 418 g/mol. The number of nitrogens with zero attached hydrogens (tertiary/aromatic N) is 1. The van der Waals surface area contributed by atoms with Gasteiger partial charge in [0.1, 0.15) is 17.7 Å². The van der Waals surface area contributed by atoms with Gasteiger partial charge >= 0.3 is 0 Å². The highest BCUT2D eigenvalue weighted by atomic mass is 32.2. The fourth-order valence-electron chi connectivity index (χ4n) is 2.83. The van der Waals surface area contributed by atoms with E-state index in [9.17, 15) is 22.0 Å². The number of hydrogen-bond acceptors (Lipinski definition) is 4. The summed E-state index contributed by atoms with van der Waals surface area (Å²) in [4.78, 5) is 12.6. The molecule has 0 bridgehead atoms. The van der Waals surface area contributed by atoms with Crippen molar-refractivity contribution < 1.29 is 22.0 Å². The Bertz CT molecular complexity index is 939. The van der Waals surface area contributed by atoms with Gasteiger partial charge in [-0.1, -0.05) is 37.3 Å². The predicted octanol–water partition coefficient (Wildman–Crippen LogP) is 3.56. The van der Waals surface area contributed by atoms with Gasteiger partial charge < -0.3 is 5.32 Å². The van der Waals surface area contributed by atoms with E-state index in [1.165, 1.54) is 36.0 Å². The van der Waals surface area contributed by atoms with E-state index in [1.807, 2.05) is 0 Å². The zero-order valence-electron chi connectivity index (χ0n) is 16.3. The number of halogens is 2. The van der Waals surface area contributed by atoms with Crippen molar-refractivity contribution in [1.29, 1.82) is 0 Å². The van der Waals surface area contributed by atoms with Crippen LogP contribution in [-0.4, -0.2) is 38.9 Å². The minimum absolute atomic E-state index is 0.161. The standard InChI is InChI=1S/C20H24F2N2O3S2/c1-3-18(24(29(2,26)27)19-11-7-6-10-17(19)22)20(25)23-12-13-28-14-15-8-4-5-9-16(15)21/h4-11,18H,3,12-14H2,1-2H3,(H,23,25)/t18-/m0/s1. The summed E-state index contributed by atoms with van der Waals surface area (Å²) in [5.74, 6) is -0.513. The Kier molecular flexibility index (Phi) is 8.45. The lowest BCUT2D eigenvalue weighted by Crippen LogP contribution is -2.50. The molecule has 29 heavy (non-hydrogen) atoms. The zero-order chi connectivity index (χ0) is 21.4. The third-order valence-electron chi connectivity index (χ3n) is 4.18. The molecule has 0 aliphatic heterocycles. The second-order valence-corrected chi connectivity index (χ2v) is 9.33. The minimum Gasteiger partial charge on any atom is -0.353 e. The molecule has 0 aromatic heterocycles. The van der Waals surface area contributed by atoms with Crippen molar-refractivity contribution in [2.45, 2.75) is 25.1 Å². The minimum atomic E-state index is -3.89. The number of carbonyl (C=O) groups excluding carboxylic acids is 1. The Morgan fingerprint density at radius 2 is 1.72 bits per heavy atom. The molecule has 158 valence electrons. The van der Waals surface area contributed by atoms with Crippen molar-refractivity contribution in [2.75, 3.05) is 22.9 Å². The van der Waals surface area contributed by atoms with Crippen LogP contribution >= 0.6 is 11.8 Å². The van der Waals surface area contributed by atoms with Gasteiger partial charge in [-0.15, -0.1) is 0 Å². The average molecular weight is 443 g/mol. The third kappa shape index (κ3) is 6.43. The monoisotopic (exact) mass is 442 g/mol. The molecule has 0 saturated carbocycles. The first kappa shape index (κ1) is 23.2. The number of nitrogens with one attached hydrogen (secondary N) is 1. The molecule has 5 nitrogen and oxygen atoms in total. The van der Waals surface area contributed by atoms with Gasteiger partial charge in [-0.2, -0.15) is 11.8 Å². The maximum Gasteiger partial charge on any atom is 0.243 e. The number of amides is 1. The molecule has 0 aliphatic rings. The summed E-state index contributed by atoms with van der Waals surface area (Å²) < 4.78 is 53.2. The number of hydrogen-bond donors (Lipinski definition) is 1. The third-order valence-corrected chi connectivity index (χ3v) is 6.35. The lowest BCUT2D eigenvalue weighted by atomic mass is 10.2. The molecule has 0 spiro atoms. The number of carbonyl (C=O) groups is 1. The number of sulfonamides is 1. The molecular formula is C20H24F2N2O3S2. The number of anilines is 1. The van der Waals surface area contributed by atoms with E-state index in [1.54, 1.807) is 25.1 Å². The van der Waals surface area contributed by atoms with Gasteiger partial charge in [0.2, 0.25) is 15.9 Å². The van der Waals surface area contributed by atoms with Gasteiger partial charge in [0.05, 0.1) is 11.9 Å². The highest BCUT2D eigenvalue weighted by molar-refractivity contribution is 7.98. The Labute approximate surface area is 174 Å². The maximum atomic E-state index is 14.2. The van der Waals surface area contributed by atoms with Crippen molar-refractivity contribution in [2.24, 2.45) is 0 Å². The summed E-state index contributed by atoms with van der Waals surface area (Å²) in [5, 5.41) is 2.69. The van der Waals surface area contributed by atoms with Crippen molar-refractivity contribution in [3.63, 3.8) is 0 Å². The molecule has 1 amide bonds. The first-order valence-corrected chi connectivity index (χ1v) is 12.1. The topological polar surface area (TPSA) is 66.5 Å². The normalized spacial score (nSPS) is 12.4. The van der Waals surface area contributed by atoms with Gasteiger partial charge in [-0.05, 0) is 30.2 Å². The number of benzene rings is 2. The largest absolute Gasteiger partial charge is 0.353 e. The second kappa shape index (κ2) is 10.6. The Morgan fingerprint density at radius 3 is 2.31 bits per heavy atom. The number of rotatable bonds is 10. The molecule has 1 N–H and O–H groups in total. The highest BCUT2D eigenvalue weighted by Gasteiger charge is 2.32. The molecule has 0 saturated heterocycles. The molecule has 0 fully saturated rings. The SMILES string of the molecule is CC[C@@H](C(=O)NCCSCc1ccccc1F)N(c1ccccc1F)S(C)(=O)=O. The van der Waals surface area contributed by atoms with E-state index in [4.69, 9.17) is 0 Å². The molecule has 2 aromatic rings. The predicted molar refractivity (Wildman–Crippen MR) is 113 cm³/mol. The molecule has 0 unspecified atom stereocenters. The van der Waals surface area contributed by atoms with Gasteiger partial charge in [-0.3, -0.25) is 9.10 Å². The van der Waals surface area contributed by atoms with Crippen molar-refractivity contribution in [1.82, 2.24) is 5.32 Å². The number of para-hydroxylation sites is 1. The Hall–Kier alpha value is -2.13. The van der Waals surface area contributed by atoms with Crippen LogP contribution in [0, 0.1) is 11.6 Å². The molecule has 9 heteroatoms. The van der Waals surface area contributed by atoms with E-state index < -0.39 is 27.8 Å². The van der Waals surface area contributed by atoms with Gasteiger partial charge in [0.15, 0.2) is 0 Å². The molecule has 1 atom stereocenters. The van der Waals surface area contributed by atoms with Gasteiger partial charge in [0, 0.05) is 18.1 Å². The van der Waals surface area contributed by atoms with Gasteiger partial charge in [0.25, 0.3) is 0 Å². The van der Waals surface area contributed by atoms with E-state index in [0.717, 1.165) is 16.6 Å². The summed E-state index contributed by atoms with van der Waals surface area (Å²) in [5.41, 5.74) is 0.420. The van der Waals surface area contributed by atoms with Crippen LogP contribution < -0.4 is 9.62 Å².